The third kappa shape index (κ3) is 3.20. The van der Waals surface area contributed by atoms with Crippen molar-refractivity contribution in [3.05, 3.63) is 53.8 Å². The Bertz CT molecular complexity index is 616. The first kappa shape index (κ1) is 13.3. The molecular weight excluding hydrogens is 263 g/mol. The van der Waals surface area contributed by atoms with Crippen molar-refractivity contribution in [1.29, 1.82) is 0 Å². The number of benzene rings is 2. The van der Waals surface area contributed by atoms with E-state index in [9.17, 15) is 4.39 Å². The molecule has 3 N–H and O–H groups in total. The van der Waals surface area contributed by atoms with E-state index >= 15 is 0 Å². The monoisotopic (exact) mass is 276 g/mol. The maximum Gasteiger partial charge on any atom is 0.147 e. The van der Waals surface area contributed by atoms with Crippen LogP contribution in [-0.2, 0) is 0 Å². The van der Waals surface area contributed by atoms with Gasteiger partial charge in [0.25, 0.3) is 0 Å². The van der Waals surface area contributed by atoms with Crippen molar-refractivity contribution < 1.29 is 9.13 Å². The summed E-state index contributed by atoms with van der Waals surface area (Å²) >= 11 is 4.80. The van der Waals surface area contributed by atoms with Crippen molar-refractivity contribution >= 4 is 28.6 Å². The van der Waals surface area contributed by atoms with Crippen molar-refractivity contribution in [3.63, 3.8) is 0 Å². The first-order valence-corrected chi connectivity index (χ1v) is 6.01. The van der Waals surface area contributed by atoms with Crippen molar-refractivity contribution in [1.82, 2.24) is 0 Å². The van der Waals surface area contributed by atoms with Gasteiger partial charge in [-0.15, -0.1) is 0 Å². The summed E-state index contributed by atoms with van der Waals surface area (Å²) < 4.78 is 19.0. The Balaban J connectivity index is 2.25. The molecule has 0 saturated heterocycles. The summed E-state index contributed by atoms with van der Waals surface area (Å²) in [7, 11) is 1.58. The zero-order valence-electron chi connectivity index (χ0n) is 10.3. The normalized spacial score (nSPS) is 10.0. The first-order chi connectivity index (χ1) is 9.10. The highest BCUT2D eigenvalue weighted by molar-refractivity contribution is 7.80. The van der Waals surface area contributed by atoms with Gasteiger partial charge in [0, 0.05) is 17.3 Å². The lowest BCUT2D eigenvalue weighted by atomic mass is 10.2. The number of rotatable bonds is 4. The van der Waals surface area contributed by atoms with Crippen molar-refractivity contribution in [3.8, 4) is 5.75 Å². The van der Waals surface area contributed by atoms with Crippen LogP contribution >= 0.6 is 12.2 Å². The predicted octanol–water partition coefficient (Wildman–Crippen LogP) is 3.21. The second-order valence-electron chi connectivity index (χ2n) is 3.92. The van der Waals surface area contributed by atoms with Gasteiger partial charge in [-0.05, 0) is 30.3 Å². The van der Waals surface area contributed by atoms with Gasteiger partial charge in [-0.1, -0.05) is 18.3 Å². The van der Waals surface area contributed by atoms with Crippen LogP contribution in [0.3, 0.4) is 0 Å². The largest absolute Gasteiger partial charge is 0.497 e. The molecule has 2 rings (SSSR count). The van der Waals surface area contributed by atoms with Crippen LogP contribution in [-0.4, -0.2) is 12.1 Å². The Morgan fingerprint density at radius 1 is 1.26 bits per heavy atom. The number of anilines is 2. The number of nitrogens with two attached hydrogens (primary N) is 1. The van der Waals surface area contributed by atoms with Gasteiger partial charge in [-0.25, -0.2) is 4.39 Å². The minimum atomic E-state index is -0.409. The lowest BCUT2D eigenvalue weighted by molar-refractivity contribution is 0.415. The van der Waals surface area contributed by atoms with E-state index in [-0.39, 0.29) is 4.99 Å². The molecule has 3 nitrogen and oxygen atoms in total. The van der Waals surface area contributed by atoms with Crippen LogP contribution in [0.25, 0.3) is 0 Å². The molecule has 0 unspecified atom stereocenters. The third-order valence-corrected chi connectivity index (χ3v) is 2.84. The molecular formula is C14H13FN2OS. The van der Waals surface area contributed by atoms with E-state index in [0.29, 0.717) is 17.0 Å². The molecule has 5 heteroatoms. The SMILES string of the molecule is COc1cccc(Nc2ccc(C(N)=S)cc2F)c1. The summed E-state index contributed by atoms with van der Waals surface area (Å²) in [6.07, 6.45) is 0. The fraction of sp³-hybridized carbons (Fsp3) is 0.0714. The summed E-state index contributed by atoms with van der Waals surface area (Å²) in [5, 5.41) is 2.97. The molecule has 0 aliphatic heterocycles. The minimum absolute atomic E-state index is 0.173. The number of hydrogen-bond acceptors (Lipinski definition) is 3. The highest BCUT2D eigenvalue weighted by atomic mass is 32.1. The van der Waals surface area contributed by atoms with Crippen LogP contribution in [0.4, 0.5) is 15.8 Å². The van der Waals surface area contributed by atoms with E-state index in [1.807, 2.05) is 18.2 Å². The van der Waals surface area contributed by atoms with Gasteiger partial charge in [-0.2, -0.15) is 0 Å². The molecule has 0 radical (unpaired) electrons. The summed E-state index contributed by atoms with van der Waals surface area (Å²) in [6.45, 7) is 0. The van der Waals surface area contributed by atoms with Crippen LogP contribution in [0.15, 0.2) is 42.5 Å². The van der Waals surface area contributed by atoms with Gasteiger partial charge >= 0.3 is 0 Å². The first-order valence-electron chi connectivity index (χ1n) is 5.60. The van der Waals surface area contributed by atoms with E-state index in [4.69, 9.17) is 22.7 Å². The molecule has 0 atom stereocenters. The molecule has 0 amide bonds. The lowest BCUT2D eigenvalue weighted by Gasteiger charge is -2.10. The van der Waals surface area contributed by atoms with E-state index in [1.54, 1.807) is 25.3 Å². The Morgan fingerprint density at radius 3 is 2.68 bits per heavy atom. The second kappa shape index (κ2) is 5.67. The second-order valence-corrected chi connectivity index (χ2v) is 4.36. The molecule has 0 aliphatic carbocycles. The van der Waals surface area contributed by atoms with E-state index in [1.165, 1.54) is 6.07 Å². The van der Waals surface area contributed by atoms with Gasteiger partial charge in [0.1, 0.15) is 16.6 Å². The summed E-state index contributed by atoms with van der Waals surface area (Å²) in [5.74, 6) is 0.290. The van der Waals surface area contributed by atoms with E-state index < -0.39 is 5.82 Å². The average Bonchev–Trinajstić information content (AvgIpc) is 2.41. The Hall–Kier alpha value is -2.14. The van der Waals surface area contributed by atoms with Crippen LogP contribution < -0.4 is 15.8 Å². The number of halogens is 1. The van der Waals surface area contributed by atoms with Gasteiger partial charge in [0.05, 0.1) is 12.8 Å². The highest BCUT2D eigenvalue weighted by Crippen LogP contribution is 2.23. The average molecular weight is 276 g/mol. The van der Waals surface area contributed by atoms with E-state index in [0.717, 1.165) is 5.69 Å². The lowest BCUT2D eigenvalue weighted by Crippen LogP contribution is -2.09. The van der Waals surface area contributed by atoms with Crippen LogP contribution in [0.2, 0.25) is 0 Å². The van der Waals surface area contributed by atoms with Crippen LogP contribution in [0.1, 0.15) is 5.56 Å². The molecule has 19 heavy (non-hydrogen) atoms. The smallest absolute Gasteiger partial charge is 0.147 e. The number of hydrogen-bond donors (Lipinski definition) is 2. The number of thiocarbonyl (C=S) groups is 1. The van der Waals surface area contributed by atoms with Gasteiger partial charge in [0.15, 0.2) is 0 Å². The molecule has 0 spiro atoms. The maximum atomic E-state index is 13.9. The zero-order valence-corrected chi connectivity index (χ0v) is 11.1. The van der Waals surface area contributed by atoms with Crippen molar-refractivity contribution in [2.75, 3.05) is 12.4 Å². The number of nitrogens with one attached hydrogen (secondary N) is 1. The molecule has 2 aromatic rings. The van der Waals surface area contributed by atoms with Gasteiger partial charge in [0.2, 0.25) is 0 Å². The molecule has 0 heterocycles. The topological polar surface area (TPSA) is 47.3 Å². The Labute approximate surface area is 116 Å². The van der Waals surface area contributed by atoms with Crippen molar-refractivity contribution in [2.24, 2.45) is 5.73 Å². The minimum Gasteiger partial charge on any atom is -0.497 e. The molecule has 0 bridgehead atoms. The van der Waals surface area contributed by atoms with Crippen LogP contribution in [0.5, 0.6) is 5.75 Å². The summed E-state index contributed by atoms with van der Waals surface area (Å²) in [6, 6.07) is 11.8. The van der Waals surface area contributed by atoms with Gasteiger partial charge < -0.3 is 15.8 Å². The molecule has 0 fully saturated rings. The molecule has 98 valence electrons. The Morgan fingerprint density at radius 2 is 2.05 bits per heavy atom. The van der Waals surface area contributed by atoms with E-state index in [2.05, 4.69) is 5.32 Å². The quantitative estimate of drug-likeness (QED) is 0.842. The summed E-state index contributed by atoms with van der Waals surface area (Å²) in [5.41, 5.74) is 7.05. The molecule has 0 saturated carbocycles. The maximum absolute atomic E-state index is 13.9. The standard InChI is InChI=1S/C14H13FN2OS/c1-18-11-4-2-3-10(8-11)17-13-6-5-9(14(16)19)7-12(13)15/h2-8,17H,1H3,(H2,16,19). The van der Waals surface area contributed by atoms with Gasteiger partial charge in [-0.3, -0.25) is 0 Å². The predicted molar refractivity (Wildman–Crippen MR) is 78.6 cm³/mol. The molecule has 0 aromatic heterocycles. The molecule has 2 aromatic carbocycles. The Kier molecular flexibility index (Phi) is 3.97. The number of ether oxygens (including phenoxy) is 1. The third-order valence-electron chi connectivity index (χ3n) is 2.60. The van der Waals surface area contributed by atoms with Crippen molar-refractivity contribution in [2.45, 2.75) is 0 Å². The fourth-order valence-electron chi connectivity index (χ4n) is 1.63. The highest BCUT2D eigenvalue weighted by Gasteiger charge is 2.06. The molecule has 0 aliphatic rings. The zero-order chi connectivity index (χ0) is 13.8. The summed E-state index contributed by atoms with van der Waals surface area (Å²) in [4.78, 5) is 0.173. The van der Waals surface area contributed by atoms with Crippen LogP contribution in [0, 0.1) is 5.82 Å². The number of methoxy groups -OCH3 is 1. The fourth-order valence-corrected chi connectivity index (χ4v) is 1.75.